The van der Waals surface area contributed by atoms with Crippen LogP contribution in [-0.4, -0.2) is 19.8 Å². The second-order valence-electron chi connectivity index (χ2n) is 2.94. The third-order valence-corrected chi connectivity index (χ3v) is 2.51. The minimum absolute atomic E-state index is 0.483. The summed E-state index contributed by atoms with van der Waals surface area (Å²) in [5.41, 5.74) is 1.53. The van der Waals surface area contributed by atoms with E-state index in [2.05, 4.69) is 5.10 Å². The van der Waals surface area contributed by atoms with Gasteiger partial charge < -0.3 is 0 Å². The fourth-order valence-corrected chi connectivity index (χ4v) is 1.52. The van der Waals surface area contributed by atoms with Gasteiger partial charge in [0.2, 0.25) is 0 Å². The quantitative estimate of drug-likeness (QED) is 0.399. The van der Waals surface area contributed by atoms with E-state index in [1.54, 1.807) is 12.1 Å². The number of benzene rings is 1. The van der Waals surface area contributed by atoms with Gasteiger partial charge in [0.15, 0.2) is 0 Å². The largest absolute Gasteiger partial charge is 0.288 e. The van der Waals surface area contributed by atoms with Gasteiger partial charge in [0.1, 0.15) is 4.84 Å². The van der Waals surface area contributed by atoms with Gasteiger partial charge in [-0.25, -0.2) is 4.21 Å². The van der Waals surface area contributed by atoms with E-state index in [1.165, 1.54) is 0 Å². The van der Waals surface area contributed by atoms with Crippen molar-refractivity contribution in [3.63, 3.8) is 0 Å². The molecule has 1 aromatic carbocycles. The molecule has 0 amide bonds. The minimum Gasteiger partial charge on any atom is -0.288 e. The lowest BCUT2D eigenvalue weighted by Gasteiger charge is -2.13. The van der Waals surface area contributed by atoms with E-state index in [0.717, 1.165) is 16.2 Å². The van der Waals surface area contributed by atoms with Crippen LogP contribution in [0.25, 0.3) is 0 Å². The molecule has 1 aromatic rings. The zero-order valence-electron chi connectivity index (χ0n) is 8.38. The number of rotatable bonds is 4. The number of hydrogen-bond donors (Lipinski definition) is 1. The van der Waals surface area contributed by atoms with Gasteiger partial charge >= 0.3 is 0 Å². The molecule has 16 heavy (non-hydrogen) atoms. The average Bonchev–Trinajstić information content (AvgIpc) is 2.20. The maximum Gasteiger partial charge on any atom is 0.283 e. The molecule has 0 saturated carbocycles. The number of nitrogens with zero attached hydrogens (tertiary/aromatic N) is 2. The van der Waals surface area contributed by atoms with Crippen LogP contribution >= 0.6 is 23.2 Å². The van der Waals surface area contributed by atoms with Gasteiger partial charge in [-0.15, -0.1) is 0 Å². The van der Waals surface area contributed by atoms with Crippen LogP contribution in [-0.2, 0) is 11.3 Å². The van der Waals surface area contributed by atoms with Gasteiger partial charge in [-0.05, 0) is 19.1 Å². The van der Waals surface area contributed by atoms with E-state index in [4.69, 9.17) is 27.8 Å². The summed E-state index contributed by atoms with van der Waals surface area (Å²) in [4.78, 5) is -0.823. The Kier molecular flexibility index (Phi) is 5.21. The minimum atomic E-state index is -2.26. The van der Waals surface area contributed by atoms with Crippen molar-refractivity contribution in [2.75, 3.05) is 4.41 Å². The van der Waals surface area contributed by atoms with E-state index in [9.17, 15) is 4.21 Å². The number of hydrogen-bond acceptors (Lipinski definition) is 2. The van der Waals surface area contributed by atoms with Crippen molar-refractivity contribution in [1.29, 1.82) is 0 Å². The molecule has 0 aromatic heterocycles. The molecule has 0 heterocycles. The average molecular weight is 281 g/mol. The number of alkyl halides is 2. The van der Waals surface area contributed by atoms with Crippen molar-refractivity contribution >= 4 is 46.4 Å². The molecule has 88 valence electrons. The highest BCUT2D eigenvalue weighted by atomic mass is 35.5. The summed E-state index contributed by atoms with van der Waals surface area (Å²) in [7, 11) is 0. The maximum absolute atomic E-state index is 11.0. The molecular formula is C9H10Cl2N2O2S. The molecule has 0 saturated heterocycles. The Hall–Kier alpha value is -0.620. The van der Waals surface area contributed by atoms with Crippen molar-refractivity contribution in [2.45, 2.75) is 11.8 Å². The molecular weight excluding hydrogens is 271 g/mol. The molecule has 0 aliphatic rings. The van der Waals surface area contributed by atoms with Gasteiger partial charge in [0.25, 0.3) is 11.3 Å². The van der Waals surface area contributed by atoms with Gasteiger partial charge in [-0.2, -0.15) is 9.52 Å². The highest BCUT2D eigenvalue weighted by Crippen LogP contribution is 2.16. The first kappa shape index (κ1) is 13.4. The predicted octanol–water partition coefficient (Wildman–Crippen LogP) is 2.73. The number of anilines is 1. The lowest BCUT2D eigenvalue weighted by molar-refractivity contribution is 0.560. The predicted molar refractivity (Wildman–Crippen MR) is 68.4 cm³/mol. The van der Waals surface area contributed by atoms with Crippen molar-refractivity contribution in [3.05, 3.63) is 29.8 Å². The van der Waals surface area contributed by atoms with E-state index in [1.807, 2.05) is 19.1 Å². The van der Waals surface area contributed by atoms with Gasteiger partial charge in [0.05, 0.1) is 11.9 Å². The molecule has 1 rings (SSSR count). The second kappa shape index (κ2) is 6.20. The topological polar surface area (TPSA) is 52.9 Å². The standard InChI is InChI=1S/C9H10Cl2N2O2S/c1-7-2-4-8(5-3-7)13(16(14)15)12-6-9(10)11/h2-6,9H,1H3,(H,14,15)/b12-6+. The van der Waals surface area contributed by atoms with Crippen molar-refractivity contribution in [1.82, 2.24) is 0 Å². The number of halogens is 2. The Morgan fingerprint density at radius 3 is 2.44 bits per heavy atom. The molecule has 7 heteroatoms. The fourth-order valence-electron chi connectivity index (χ4n) is 0.980. The molecule has 4 nitrogen and oxygen atoms in total. The van der Waals surface area contributed by atoms with E-state index >= 15 is 0 Å². The SMILES string of the molecule is Cc1ccc(N(/N=C/C(Cl)Cl)S(=O)O)cc1. The Bertz CT molecular complexity index is 395. The molecule has 0 bridgehead atoms. The molecule has 0 fully saturated rings. The molecule has 1 unspecified atom stereocenters. The third kappa shape index (κ3) is 4.09. The van der Waals surface area contributed by atoms with Crippen molar-refractivity contribution < 1.29 is 8.76 Å². The molecule has 1 N–H and O–H groups in total. The maximum atomic E-state index is 11.0. The molecule has 0 aliphatic heterocycles. The lowest BCUT2D eigenvalue weighted by atomic mass is 10.2. The number of hydrazone groups is 1. The van der Waals surface area contributed by atoms with E-state index < -0.39 is 16.1 Å². The Morgan fingerprint density at radius 2 is 2.00 bits per heavy atom. The summed E-state index contributed by atoms with van der Waals surface area (Å²) in [5, 5.41) is 3.72. The van der Waals surface area contributed by atoms with Crippen LogP contribution < -0.4 is 4.41 Å². The number of aryl methyl sites for hydroxylation is 1. The summed E-state index contributed by atoms with van der Waals surface area (Å²) in [6.07, 6.45) is 1.16. The second-order valence-corrected chi connectivity index (χ2v) is 4.91. The smallest absolute Gasteiger partial charge is 0.283 e. The van der Waals surface area contributed by atoms with Gasteiger partial charge in [-0.1, -0.05) is 40.9 Å². The monoisotopic (exact) mass is 280 g/mol. The Balaban J connectivity index is 2.94. The Labute approximate surface area is 106 Å². The van der Waals surface area contributed by atoms with Crippen LogP contribution in [0.3, 0.4) is 0 Å². The molecule has 1 atom stereocenters. The van der Waals surface area contributed by atoms with E-state index in [-0.39, 0.29) is 0 Å². The summed E-state index contributed by atoms with van der Waals surface area (Å²) in [5.74, 6) is 0. The van der Waals surface area contributed by atoms with Gasteiger partial charge in [0, 0.05) is 0 Å². The van der Waals surface area contributed by atoms with E-state index in [0.29, 0.717) is 5.69 Å². The van der Waals surface area contributed by atoms with Crippen LogP contribution in [0.15, 0.2) is 29.4 Å². The lowest BCUT2D eigenvalue weighted by Crippen LogP contribution is -2.19. The fraction of sp³-hybridized carbons (Fsp3) is 0.222. The molecule has 0 radical (unpaired) electrons. The highest BCUT2D eigenvalue weighted by Gasteiger charge is 2.10. The summed E-state index contributed by atoms with van der Waals surface area (Å²) < 4.78 is 21.0. The summed E-state index contributed by atoms with van der Waals surface area (Å²) in [6, 6.07) is 6.98. The molecule has 0 spiro atoms. The van der Waals surface area contributed by atoms with Crippen LogP contribution in [0.1, 0.15) is 5.56 Å². The zero-order valence-corrected chi connectivity index (χ0v) is 10.7. The molecule has 0 aliphatic carbocycles. The first-order chi connectivity index (χ1) is 7.50. The van der Waals surface area contributed by atoms with Crippen molar-refractivity contribution in [2.24, 2.45) is 5.10 Å². The van der Waals surface area contributed by atoms with Crippen LogP contribution in [0.4, 0.5) is 5.69 Å². The van der Waals surface area contributed by atoms with Crippen LogP contribution in [0, 0.1) is 6.92 Å². The Morgan fingerprint density at radius 1 is 1.44 bits per heavy atom. The first-order valence-electron chi connectivity index (χ1n) is 4.30. The first-order valence-corrected chi connectivity index (χ1v) is 6.24. The highest BCUT2D eigenvalue weighted by molar-refractivity contribution is 7.80. The van der Waals surface area contributed by atoms with Crippen molar-refractivity contribution in [3.8, 4) is 0 Å². The van der Waals surface area contributed by atoms with Crippen LogP contribution in [0.2, 0.25) is 0 Å². The van der Waals surface area contributed by atoms with Crippen LogP contribution in [0.5, 0.6) is 0 Å². The third-order valence-electron chi connectivity index (χ3n) is 1.69. The summed E-state index contributed by atoms with van der Waals surface area (Å²) in [6.45, 7) is 1.92. The normalized spacial score (nSPS) is 13.3. The summed E-state index contributed by atoms with van der Waals surface area (Å²) >= 11 is 8.64. The van der Waals surface area contributed by atoms with Gasteiger partial charge in [-0.3, -0.25) is 4.55 Å². The zero-order chi connectivity index (χ0) is 12.1.